The molecule has 4 nitrogen and oxygen atoms in total. The Balaban J connectivity index is 1.82. The summed E-state index contributed by atoms with van der Waals surface area (Å²) in [4.78, 5) is 13.9. The van der Waals surface area contributed by atoms with Crippen molar-refractivity contribution >= 4 is 5.91 Å². The van der Waals surface area contributed by atoms with Gasteiger partial charge in [0.15, 0.2) is 6.61 Å². The third-order valence-corrected chi connectivity index (χ3v) is 3.47. The lowest BCUT2D eigenvalue weighted by Gasteiger charge is -2.20. The van der Waals surface area contributed by atoms with E-state index in [1.165, 1.54) is 0 Å². The first-order valence-corrected chi connectivity index (χ1v) is 7.29. The molecule has 1 aromatic rings. The van der Waals surface area contributed by atoms with Crippen LogP contribution in [0.4, 0.5) is 0 Å². The topological polar surface area (TPSA) is 49.8 Å². The Morgan fingerprint density at radius 3 is 2.55 bits per heavy atom. The third kappa shape index (κ3) is 4.23. The molecule has 0 heterocycles. The van der Waals surface area contributed by atoms with E-state index in [-0.39, 0.29) is 18.6 Å². The standard InChI is InChI=1S/C16H23NO3/c1-3-17(14-6-7-14)16(19)11-20-15-8-4-13(5-9-15)10-12(2)18/h4-5,8-9,12,14,18H,3,6-7,10-11H2,1-2H3. The van der Waals surface area contributed by atoms with Gasteiger partial charge in [-0.3, -0.25) is 4.79 Å². The molecule has 0 aromatic heterocycles. The number of nitrogens with zero attached hydrogens (tertiary/aromatic N) is 1. The molecule has 1 amide bonds. The normalized spacial score (nSPS) is 15.8. The van der Waals surface area contributed by atoms with E-state index in [9.17, 15) is 9.90 Å². The molecule has 1 aliphatic carbocycles. The summed E-state index contributed by atoms with van der Waals surface area (Å²) in [5.74, 6) is 0.752. The van der Waals surface area contributed by atoms with Crippen LogP contribution in [0.3, 0.4) is 0 Å². The van der Waals surface area contributed by atoms with E-state index in [0.717, 1.165) is 24.9 Å². The van der Waals surface area contributed by atoms with Gasteiger partial charge in [0.05, 0.1) is 6.10 Å². The first-order valence-electron chi connectivity index (χ1n) is 7.29. The highest BCUT2D eigenvalue weighted by Crippen LogP contribution is 2.26. The van der Waals surface area contributed by atoms with Gasteiger partial charge in [-0.1, -0.05) is 12.1 Å². The van der Waals surface area contributed by atoms with Crippen LogP contribution in [0.5, 0.6) is 5.75 Å². The van der Waals surface area contributed by atoms with Gasteiger partial charge in [0.1, 0.15) is 5.75 Å². The lowest BCUT2D eigenvalue weighted by Crippen LogP contribution is -2.36. The highest BCUT2D eigenvalue weighted by atomic mass is 16.5. The van der Waals surface area contributed by atoms with Crippen LogP contribution < -0.4 is 4.74 Å². The summed E-state index contributed by atoms with van der Waals surface area (Å²) in [5.41, 5.74) is 1.06. The average Bonchev–Trinajstić information content (AvgIpc) is 3.23. The van der Waals surface area contributed by atoms with Crippen molar-refractivity contribution < 1.29 is 14.6 Å². The van der Waals surface area contributed by atoms with E-state index in [1.807, 2.05) is 36.1 Å². The Morgan fingerprint density at radius 1 is 1.40 bits per heavy atom. The largest absolute Gasteiger partial charge is 0.484 e. The van der Waals surface area contributed by atoms with Crippen molar-refractivity contribution in [3.05, 3.63) is 29.8 Å². The fourth-order valence-electron chi connectivity index (χ4n) is 2.32. The maximum absolute atomic E-state index is 12.0. The van der Waals surface area contributed by atoms with Gasteiger partial charge in [-0.15, -0.1) is 0 Å². The Kier molecular flexibility index (Phi) is 5.01. The summed E-state index contributed by atoms with van der Waals surface area (Å²) < 4.78 is 5.53. The number of aliphatic hydroxyl groups is 1. The number of ether oxygens (including phenoxy) is 1. The second-order valence-corrected chi connectivity index (χ2v) is 5.40. The molecule has 2 rings (SSSR count). The monoisotopic (exact) mass is 277 g/mol. The van der Waals surface area contributed by atoms with Crippen LogP contribution in [0.1, 0.15) is 32.3 Å². The number of hydrogen-bond acceptors (Lipinski definition) is 3. The van der Waals surface area contributed by atoms with E-state index in [1.54, 1.807) is 6.92 Å². The molecular formula is C16H23NO3. The summed E-state index contributed by atoms with van der Waals surface area (Å²) in [6, 6.07) is 7.97. The SMILES string of the molecule is CCN(C(=O)COc1ccc(CC(C)O)cc1)C1CC1. The molecule has 110 valence electrons. The molecule has 1 saturated carbocycles. The van der Waals surface area contributed by atoms with E-state index in [4.69, 9.17) is 4.74 Å². The summed E-state index contributed by atoms with van der Waals surface area (Å²) >= 11 is 0. The zero-order valence-corrected chi connectivity index (χ0v) is 12.2. The van der Waals surface area contributed by atoms with E-state index in [0.29, 0.717) is 18.2 Å². The lowest BCUT2D eigenvalue weighted by atomic mass is 10.1. The van der Waals surface area contributed by atoms with Crippen LogP contribution >= 0.6 is 0 Å². The van der Waals surface area contributed by atoms with Crippen LogP contribution in [0.15, 0.2) is 24.3 Å². The van der Waals surface area contributed by atoms with Crippen molar-refractivity contribution in [2.24, 2.45) is 0 Å². The number of carbonyl (C=O) groups excluding carboxylic acids is 1. The number of aliphatic hydroxyl groups excluding tert-OH is 1. The van der Waals surface area contributed by atoms with Crippen molar-refractivity contribution in [1.82, 2.24) is 4.90 Å². The molecule has 0 radical (unpaired) electrons. The minimum Gasteiger partial charge on any atom is -0.484 e. The predicted octanol–water partition coefficient (Wildman–Crippen LogP) is 2.00. The molecule has 4 heteroatoms. The number of amides is 1. The van der Waals surface area contributed by atoms with E-state index in [2.05, 4.69) is 0 Å². The molecule has 0 aliphatic heterocycles. The maximum Gasteiger partial charge on any atom is 0.260 e. The fraction of sp³-hybridized carbons (Fsp3) is 0.562. The van der Waals surface area contributed by atoms with Gasteiger partial charge in [-0.25, -0.2) is 0 Å². The van der Waals surface area contributed by atoms with Crippen LogP contribution in [0.25, 0.3) is 0 Å². The van der Waals surface area contributed by atoms with Crippen molar-refractivity contribution in [3.8, 4) is 5.75 Å². The molecule has 0 bridgehead atoms. The first-order chi connectivity index (χ1) is 9.60. The van der Waals surface area contributed by atoms with Crippen molar-refractivity contribution in [3.63, 3.8) is 0 Å². The quantitative estimate of drug-likeness (QED) is 0.829. The Hall–Kier alpha value is -1.55. The van der Waals surface area contributed by atoms with Crippen LogP contribution in [0.2, 0.25) is 0 Å². The van der Waals surface area contributed by atoms with Gasteiger partial charge >= 0.3 is 0 Å². The third-order valence-electron chi connectivity index (χ3n) is 3.47. The minimum atomic E-state index is -0.347. The molecule has 1 aromatic carbocycles. The smallest absolute Gasteiger partial charge is 0.260 e. The van der Waals surface area contributed by atoms with Gasteiger partial charge in [0.2, 0.25) is 0 Å². The molecular weight excluding hydrogens is 254 g/mol. The molecule has 1 fully saturated rings. The van der Waals surface area contributed by atoms with Gasteiger partial charge in [0, 0.05) is 12.6 Å². The second-order valence-electron chi connectivity index (χ2n) is 5.40. The van der Waals surface area contributed by atoms with Crippen LogP contribution in [0, 0.1) is 0 Å². The van der Waals surface area contributed by atoms with Crippen LogP contribution in [-0.4, -0.2) is 41.2 Å². The fourth-order valence-corrected chi connectivity index (χ4v) is 2.32. The van der Waals surface area contributed by atoms with Crippen molar-refractivity contribution in [2.45, 2.75) is 45.3 Å². The maximum atomic E-state index is 12.0. The summed E-state index contributed by atoms with van der Waals surface area (Å²) in [6.45, 7) is 4.61. The number of rotatable bonds is 7. The number of benzene rings is 1. The highest BCUT2D eigenvalue weighted by Gasteiger charge is 2.31. The number of carbonyl (C=O) groups is 1. The average molecular weight is 277 g/mol. The summed E-state index contributed by atoms with van der Waals surface area (Å²) in [6.07, 6.45) is 2.52. The minimum absolute atomic E-state index is 0.0584. The van der Waals surface area contributed by atoms with Gasteiger partial charge in [-0.05, 0) is 50.8 Å². The molecule has 20 heavy (non-hydrogen) atoms. The van der Waals surface area contributed by atoms with E-state index < -0.39 is 0 Å². The number of hydrogen-bond donors (Lipinski definition) is 1. The molecule has 1 aliphatic rings. The molecule has 1 unspecified atom stereocenters. The first kappa shape index (κ1) is 14.9. The molecule has 0 spiro atoms. The molecule has 0 saturated heterocycles. The molecule has 1 N–H and O–H groups in total. The van der Waals surface area contributed by atoms with Gasteiger partial charge in [0.25, 0.3) is 5.91 Å². The van der Waals surface area contributed by atoms with Gasteiger partial charge < -0.3 is 14.7 Å². The van der Waals surface area contributed by atoms with Crippen molar-refractivity contribution in [2.75, 3.05) is 13.2 Å². The summed E-state index contributed by atoms with van der Waals surface area (Å²) in [7, 11) is 0. The Labute approximate surface area is 120 Å². The Bertz CT molecular complexity index is 438. The predicted molar refractivity (Wildman–Crippen MR) is 77.7 cm³/mol. The second kappa shape index (κ2) is 6.75. The lowest BCUT2D eigenvalue weighted by molar-refractivity contribution is -0.133. The summed E-state index contributed by atoms with van der Waals surface area (Å²) in [5, 5.41) is 9.32. The zero-order chi connectivity index (χ0) is 14.5. The number of likely N-dealkylation sites (N-methyl/N-ethyl adjacent to an activating group) is 1. The van der Waals surface area contributed by atoms with Crippen LogP contribution in [-0.2, 0) is 11.2 Å². The molecule has 1 atom stereocenters. The van der Waals surface area contributed by atoms with Crippen molar-refractivity contribution in [1.29, 1.82) is 0 Å². The van der Waals surface area contributed by atoms with Gasteiger partial charge in [-0.2, -0.15) is 0 Å². The Morgan fingerprint density at radius 2 is 2.05 bits per heavy atom. The highest BCUT2D eigenvalue weighted by molar-refractivity contribution is 5.78. The zero-order valence-electron chi connectivity index (χ0n) is 12.2. The van der Waals surface area contributed by atoms with E-state index >= 15 is 0 Å².